The van der Waals surface area contributed by atoms with Gasteiger partial charge >= 0.3 is 0 Å². The quantitative estimate of drug-likeness (QED) is 0.814. The highest BCUT2D eigenvalue weighted by atomic mass is 15.3. The van der Waals surface area contributed by atoms with Crippen LogP contribution < -0.4 is 15.1 Å². The highest BCUT2D eigenvalue weighted by molar-refractivity contribution is 5.68. The van der Waals surface area contributed by atoms with Gasteiger partial charge in [0.25, 0.3) is 0 Å². The van der Waals surface area contributed by atoms with Crippen molar-refractivity contribution in [2.75, 3.05) is 34.8 Å². The minimum atomic E-state index is 0.556. The number of aromatic nitrogens is 2. The van der Waals surface area contributed by atoms with Crippen LogP contribution in [-0.4, -0.2) is 35.6 Å². The molecule has 27 heavy (non-hydrogen) atoms. The maximum atomic E-state index is 4.87. The molecule has 5 heteroatoms. The Labute approximate surface area is 162 Å². The van der Waals surface area contributed by atoms with E-state index in [4.69, 9.17) is 9.97 Å². The van der Waals surface area contributed by atoms with Crippen LogP contribution in [0.2, 0.25) is 0 Å². The second kappa shape index (κ2) is 7.75. The average Bonchev–Trinajstić information content (AvgIpc) is 3.27. The van der Waals surface area contributed by atoms with Gasteiger partial charge in [-0.2, -0.15) is 4.98 Å². The zero-order valence-corrected chi connectivity index (χ0v) is 16.8. The van der Waals surface area contributed by atoms with Gasteiger partial charge in [-0.05, 0) is 57.2 Å². The van der Waals surface area contributed by atoms with E-state index in [2.05, 4.69) is 60.2 Å². The molecule has 1 N–H and O–H groups in total. The third kappa shape index (κ3) is 3.73. The van der Waals surface area contributed by atoms with Crippen molar-refractivity contribution in [3.8, 4) is 0 Å². The molecule has 0 saturated carbocycles. The average molecular weight is 366 g/mol. The summed E-state index contributed by atoms with van der Waals surface area (Å²) in [5.74, 6) is 1.79. The number of rotatable bonds is 6. The summed E-state index contributed by atoms with van der Waals surface area (Å²) in [7, 11) is 0. The zero-order valence-electron chi connectivity index (χ0n) is 16.8. The van der Waals surface area contributed by atoms with E-state index in [1.165, 1.54) is 24.1 Å². The third-order valence-electron chi connectivity index (χ3n) is 5.83. The first-order valence-electron chi connectivity index (χ1n) is 10.5. The van der Waals surface area contributed by atoms with Crippen LogP contribution in [0.5, 0.6) is 0 Å². The number of likely N-dealkylation sites (N-methyl/N-ethyl adjacent to an activating group) is 1. The molecule has 0 unspecified atom stereocenters. The first-order chi connectivity index (χ1) is 13.2. The van der Waals surface area contributed by atoms with Crippen molar-refractivity contribution < 1.29 is 0 Å². The minimum absolute atomic E-state index is 0.556. The topological polar surface area (TPSA) is 44.3 Å². The Hall–Kier alpha value is -2.30. The van der Waals surface area contributed by atoms with Crippen molar-refractivity contribution in [3.05, 3.63) is 35.5 Å². The molecular weight excluding hydrogens is 334 g/mol. The molecule has 3 heterocycles. The first-order valence-corrected chi connectivity index (χ1v) is 10.5. The molecule has 1 atom stereocenters. The Morgan fingerprint density at radius 3 is 2.78 bits per heavy atom. The van der Waals surface area contributed by atoms with E-state index in [1.807, 2.05) is 0 Å². The standard InChI is InChI=1S/C22H31N5/c1-4-7-18-15-21(27-12-6-8-16(27)3)25-22(23-18)24-19-10-9-17-11-13-26(5-2)20(17)14-19/h9-10,14-16H,4-8,11-13H2,1-3H3,(H,23,24,25)/t16-/m1/s1. The summed E-state index contributed by atoms with van der Waals surface area (Å²) in [5.41, 5.74) is 4.99. The van der Waals surface area contributed by atoms with Crippen LogP contribution >= 0.6 is 0 Å². The Morgan fingerprint density at radius 2 is 2.04 bits per heavy atom. The fourth-order valence-electron chi connectivity index (χ4n) is 4.32. The number of hydrogen-bond acceptors (Lipinski definition) is 5. The third-order valence-corrected chi connectivity index (χ3v) is 5.83. The van der Waals surface area contributed by atoms with Crippen molar-refractivity contribution in [2.45, 2.75) is 58.9 Å². The monoisotopic (exact) mass is 365 g/mol. The van der Waals surface area contributed by atoms with Crippen LogP contribution in [-0.2, 0) is 12.8 Å². The van der Waals surface area contributed by atoms with Gasteiger partial charge < -0.3 is 15.1 Å². The molecule has 2 aliphatic heterocycles. The second-order valence-corrected chi connectivity index (χ2v) is 7.77. The number of fused-ring (bicyclic) bond motifs is 1. The largest absolute Gasteiger partial charge is 0.371 e. The highest BCUT2D eigenvalue weighted by Gasteiger charge is 2.23. The van der Waals surface area contributed by atoms with Crippen LogP contribution in [0.3, 0.4) is 0 Å². The molecule has 1 saturated heterocycles. The molecule has 0 amide bonds. The summed E-state index contributed by atoms with van der Waals surface area (Å²) in [5, 5.41) is 3.48. The lowest BCUT2D eigenvalue weighted by atomic mass is 10.1. The summed E-state index contributed by atoms with van der Waals surface area (Å²) in [6.07, 6.45) is 5.71. The summed E-state index contributed by atoms with van der Waals surface area (Å²) in [4.78, 5) is 14.5. The van der Waals surface area contributed by atoms with E-state index < -0.39 is 0 Å². The van der Waals surface area contributed by atoms with Gasteiger partial charge in [-0.3, -0.25) is 0 Å². The van der Waals surface area contributed by atoms with Gasteiger partial charge in [0.1, 0.15) is 5.82 Å². The summed E-state index contributed by atoms with van der Waals surface area (Å²) in [6, 6.07) is 9.39. The Morgan fingerprint density at radius 1 is 1.15 bits per heavy atom. The normalized spacial score (nSPS) is 18.9. The maximum absolute atomic E-state index is 4.87. The SMILES string of the molecule is CCCc1cc(N2CCC[C@H]2C)nc(Nc2ccc3c(c2)N(CC)CC3)n1. The van der Waals surface area contributed by atoms with Gasteiger partial charge in [-0.1, -0.05) is 19.4 Å². The first kappa shape index (κ1) is 18.1. The Balaban J connectivity index is 1.62. The molecule has 5 nitrogen and oxygen atoms in total. The number of benzene rings is 1. The number of hydrogen-bond donors (Lipinski definition) is 1. The predicted octanol–water partition coefficient (Wildman–Crippen LogP) is 4.54. The smallest absolute Gasteiger partial charge is 0.229 e. The van der Waals surface area contributed by atoms with Crippen molar-refractivity contribution >= 4 is 23.1 Å². The minimum Gasteiger partial charge on any atom is -0.371 e. The van der Waals surface area contributed by atoms with Crippen molar-refractivity contribution in [1.29, 1.82) is 0 Å². The Bertz CT molecular complexity index is 803. The molecule has 1 fully saturated rings. The van der Waals surface area contributed by atoms with Crippen LogP contribution in [0, 0.1) is 0 Å². The maximum Gasteiger partial charge on any atom is 0.229 e. The van der Waals surface area contributed by atoms with E-state index in [-0.39, 0.29) is 0 Å². The van der Waals surface area contributed by atoms with Crippen LogP contribution in [0.25, 0.3) is 0 Å². The van der Waals surface area contributed by atoms with Gasteiger partial charge in [0, 0.05) is 48.8 Å². The highest BCUT2D eigenvalue weighted by Crippen LogP contribution is 2.32. The fraction of sp³-hybridized carbons (Fsp3) is 0.545. The molecule has 0 bridgehead atoms. The van der Waals surface area contributed by atoms with E-state index in [1.54, 1.807) is 0 Å². The summed E-state index contributed by atoms with van der Waals surface area (Å²) in [6.45, 7) is 9.98. The van der Waals surface area contributed by atoms with Gasteiger partial charge in [-0.15, -0.1) is 0 Å². The lowest BCUT2D eigenvalue weighted by molar-refractivity contribution is 0.724. The molecular formula is C22H31N5. The predicted molar refractivity (Wildman–Crippen MR) is 113 cm³/mol. The Kier molecular flexibility index (Phi) is 5.19. The van der Waals surface area contributed by atoms with Crippen LogP contribution in [0.4, 0.5) is 23.1 Å². The van der Waals surface area contributed by atoms with Gasteiger partial charge in [0.2, 0.25) is 5.95 Å². The lowest BCUT2D eigenvalue weighted by Gasteiger charge is -2.23. The number of nitrogens with zero attached hydrogens (tertiary/aromatic N) is 4. The van der Waals surface area contributed by atoms with Crippen LogP contribution in [0.1, 0.15) is 51.3 Å². The van der Waals surface area contributed by atoms with Crippen molar-refractivity contribution in [1.82, 2.24) is 9.97 Å². The van der Waals surface area contributed by atoms with Gasteiger partial charge in [0.15, 0.2) is 0 Å². The molecule has 0 spiro atoms. The van der Waals surface area contributed by atoms with Gasteiger partial charge in [-0.25, -0.2) is 4.98 Å². The summed E-state index contributed by atoms with van der Waals surface area (Å²) >= 11 is 0. The molecule has 0 radical (unpaired) electrons. The lowest BCUT2D eigenvalue weighted by Crippen LogP contribution is -2.27. The number of nitrogens with one attached hydrogen (secondary N) is 1. The van der Waals surface area contributed by atoms with E-state index in [0.29, 0.717) is 6.04 Å². The fourth-order valence-corrected chi connectivity index (χ4v) is 4.32. The zero-order chi connectivity index (χ0) is 18.8. The second-order valence-electron chi connectivity index (χ2n) is 7.77. The van der Waals surface area contributed by atoms with E-state index in [0.717, 1.165) is 62.0 Å². The summed E-state index contributed by atoms with van der Waals surface area (Å²) < 4.78 is 0. The van der Waals surface area contributed by atoms with Gasteiger partial charge in [0.05, 0.1) is 0 Å². The molecule has 4 rings (SSSR count). The molecule has 1 aromatic heterocycles. The van der Waals surface area contributed by atoms with Crippen LogP contribution in [0.15, 0.2) is 24.3 Å². The van der Waals surface area contributed by atoms with E-state index in [9.17, 15) is 0 Å². The van der Waals surface area contributed by atoms with Crippen molar-refractivity contribution in [2.24, 2.45) is 0 Å². The molecule has 2 aliphatic rings. The van der Waals surface area contributed by atoms with E-state index >= 15 is 0 Å². The molecule has 0 aliphatic carbocycles. The molecule has 144 valence electrons. The molecule has 1 aromatic carbocycles. The number of anilines is 4. The van der Waals surface area contributed by atoms with Crippen molar-refractivity contribution in [3.63, 3.8) is 0 Å². The number of aryl methyl sites for hydroxylation is 1. The molecule has 2 aromatic rings.